The van der Waals surface area contributed by atoms with Crippen LogP contribution in [0.1, 0.15) is 34.5 Å². The predicted molar refractivity (Wildman–Crippen MR) is 102 cm³/mol. The van der Waals surface area contributed by atoms with Crippen molar-refractivity contribution in [2.45, 2.75) is 37.5 Å². The smallest absolute Gasteiger partial charge is 0.245 e. The van der Waals surface area contributed by atoms with Crippen molar-refractivity contribution in [3.8, 4) is 0 Å². The summed E-state index contributed by atoms with van der Waals surface area (Å²) in [5.74, 6) is 0.106. The summed E-state index contributed by atoms with van der Waals surface area (Å²) in [6, 6.07) is 9.14. The van der Waals surface area contributed by atoms with Crippen LogP contribution >= 0.6 is 11.3 Å². The molecular weight excluding hydrogens is 368 g/mol. The number of nitrogens with zero attached hydrogens (tertiary/aromatic N) is 4. The van der Waals surface area contributed by atoms with Crippen LogP contribution in [0.25, 0.3) is 10.9 Å². The SMILES string of the molecule is Cc1ccc2cccc(S(=O)(=O)N3CCCC(c4nnc(C)s4)C3)c2n1. The lowest BCUT2D eigenvalue weighted by atomic mass is 10.0. The van der Waals surface area contributed by atoms with Gasteiger partial charge in [-0.1, -0.05) is 18.2 Å². The van der Waals surface area contributed by atoms with Gasteiger partial charge in [0, 0.05) is 30.1 Å². The van der Waals surface area contributed by atoms with Crippen molar-refractivity contribution < 1.29 is 8.42 Å². The minimum absolute atomic E-state index is 0.106. The van der Waals surface area contributed by atoms with E-state index in [-0.39, 0.29) is 10.8 Å². The highest BCUT2D eigenvalue weighted by atomic mass is 32.2. The van der Waals surface area contributed by atoms with Gasteiger partial charge in [-0.05, 0) is 38.8 Å². The van der Waals surface area contributed by atoms with Crippen molar-refractivity contribution in [2.75, 3.05) is 13.1 Å². The molecule has 1 aromatic carbocycles. The maximum atomic E-state index is 13.3. The molecule has 0 bridgehead atoms. The molecule has 1 aliphatic heterocycles. The van der Waals surface area contributed by atoms with E-state index in [0.29, 0.717) is 18.6 Å². The largest absolute Gasteiger partial charge is 0.252 e. The Kier molecular flexibility index (Phi) is 4.50. The standard InChI is InChI=1S/C18H20N4O2S2/c1-12-8-9-14-5-3-7-16(17(14)19-12)26(23,24)22-10-4-6-15(11-22)18-21-20-13(2)25-18/h3,5,7-9,15H,4,6,10-11H2,1-2H3. The minimum atomic E-state index is -3.61. The molecule has 1 atom stereocenters. The quantitative estimate of drug-likeness (QED) is 0.688. The molecule has 1 unspecified atom stereocenters. The molecule has 3 aromatic rings. The van der Waals surface area contributed by atoms with Gasteiger partial charge in [0.2, 0.25) is 10.0 Å². The van der Waals surface area contributed by atoms with Crippen LogP contribution in [0.3, 0.4) is 0 Å². The van der Waals surface area contributed by atoms with E-state index < -0.39 is 10.0 Å². The Morgan fingerprint density at radius 2 is 2.00 bits per heavy atom. The highest BCUT2D eigenvalue weighted by molar-refractivity contribution is 7.89. The number of hydrogen-bond donors (Lipinski definition) is 0. The molecule has 2 aromatic heterocycles. The first-order valence-corrected chi connectivity index (χ1v) is 10.9. The van der Waals surface area contributed by atoms with Gasteiger partial charge >= 0.3 is 0 Å². The Morgan fingerprint density at radius 1 is 1.15 bits per heavy atom. The zero-order chi connectivity index (χ0) is 18.3. The predicted octanol–water partition coefficient (Wildman–Crippen LogP) is 3.27. The number of piperidine rings is 1. The Morgan fingerprint density at radius 3 is 2.77 bits per heavy atom. The van der Waals surface area contributed by atoms with Crippen LogP contribution in [0.15, 0.2) is 35.2 Å². The van der Waals surface area contributed by atoms with E-state index in [0.717, 1.165) is 33.9 Å². The fraction of sp³-hybridized carbons (Fsp3) is 0.389. The van der Waals surface area contributed by atoms with Crippen LogP contribution in [0.5, 0.6) is 0 Å². The maximum absolute atomic E-state index is 13.3. The molecule has 136 valence electrons. The summed E-state index contributed by atoms with van der Waals surface area (Å²) in [7, 11) is -3.61. The molecule has 8 heteroatoms. The molecule has 1 fully saturated rings. The number of fused-ring (bicyclic) bond motifs is 1. The first kappa shape index (κ1) is 17.5. The number of hydrogen-bond acceptors (Lipinski definition) is 6. The zero-order valence-corrected chi connectivity index (χ0v) is 16.3. The Balaban J connectivity index is 1.71. The molecular formula is C18H20N4O2S2. The average molecular weight is 389 g/mol. The van der Waals surface area contributed by atoms with Gasteiger partial charge in [0.15, 0.2) is 0 Å². The van der Waals surface area contributed by atoms with Crippen LogP contribution in [0, 0.1) is 13.8 Å². The number of sulfonamides is 1. The van der Waals surface area contributed by atoms with Crippen molar-refractivity contribution >= 4 is 32.3 Å². The molecule has 0 saturated carbocycles. The fourth-order valence-electron chi connectivity index (χ4n) is 3.40. The van der Waals surface area contributed by atoms with Gasteiger partial charge < -0.3 is 0 Å². The van der Waals surface area contributed by atoms with Crippen LogP contribution in [0.2, 0.25) is 0 Å². The van der Waals surface area contributed by atoms with Crippen molar-refractivity contribution in [1.82, 2.24) is 19.5 Å². The minimum Gasteiger partial charge on any atom is -0.252 e. The molecule has 0 N–H and O–H groups in total. The number of aryl methyl sites for hydroxylation is 2. The molecule has 1 saturated heterocycles. The topological polar surface area (TPSA) is 76.1 Å². The van der Waals surface area contributed by atoms with Crippen LogP contribution < -0.4 is 0 Å². The summed E-state index contributed by atoms with van der Waals surface area (Å²) in [4.78, 5) is 4.78. The fourth-order valence-corrected chi connectivity index (χ4v) is 5.91. The third kappa shape index (κ3) is 3.13. The second-order valence-corrected chi connectivity index (χ2v) is 9.76. The summed E-state index contributed by atoms with van der Waals surface area (Å²) in [5, 5.41) is 11.0. The van der Waals surface area contributed by atoms with E-state index >= 15 is 0 Å². The lowest BCUT2D eigenvalue weighted by Gasteiger charge is -2.30. The van der Waals surface area contributed by atoms with Gasteiger partial charge in [-0.15, -0.1) is 21.5 Å². The lowest BCUT2D eigenvalue weighted by Crippen LogP contribution is -2.39. The summed E-state index contributed by atoms with van der Waals surface area (Å²) in [5.41, 5.74) is 1.35. The molecule has 0 amide bonds. The first-order chi connectivity index (χ1) is 12.4. The molecule has 6 nitrogen and oxygen atoms in total. The number of rotatable bonds is 3. The van der Waals surface area contributed by atoms with Gasteiger partial charge in [-0.3, -0.25) is 4.98 Å². The third-order valence-electron chi connectivity index (χ3n) is 4.72. The normalized spacial score (nSPS) is 19.1. The maximum Gasteiger partial charge on any atom is 0.245 e. The van der Waals surface area contributed by atoms with Gasteiger partial charge in [0.25, 0.3) is 0 Å². The Labute approximate surface area is 157 Å². The summed E-state index contributed by atoms with van der Waals surface area (Å²) in [6.45, 7) is 4.76. The third-order valence-corrected chi connectivity index (χ3v) is 7.61. The lowest BCUT2D eigenvalue weighted by molar-refractivity contribution is 0.315. The molecule has 4 rings (SSSR count). The van der Waals surface area contributed by atoms with Gasteiger partial charge in [-0.2, -0.15) is 4.31 Å². The van der Waals surface area contributed by atoms with Gasteiger partial charge in [0.05, 0.1) is 5.52 Å². The summed E-state index contributed by atoms with van der Waals surface area (Å²) in [6.07, 6.45) is 1.76. The van der Waals surface area contributed by atoms with Gasteiger partial charge in [-0.25, -0.2) is 8.42 Å². The van der Waals surface area contributed by atoms with E-state index in [4.69, 9.17) is 0 Å². The van der Waals surface area contributed by atoms with Crippen LogP contribution in [-0.2, 0) is 10.0 Å². The highest BCUT2D eigenvalue weighted by Gasteiger charge is 2.33. The van der Waals surface area contributed by atoms with Crippen molar-refractivity contribution in [1.29, 1.82) is 0 Å². The highest BCUT2D eigenvalue weighted by Crippen LogP contribution is 2.33. The van der Waals surface area contributed by atoms with E-state index in [2.05, 4.69) is 15.2 Å². The number of para-hydroxylation sites is 1. The first-order valence-electron chi connectivity index (χ1n) is 8.62. The second kappa shape index (κ2) is 6.68. The van der Waals surface area contributed by atoms with E-state index in [9.17, 15) is 8.42 Å². The molecule has 26 heavy (non-hydrogen) atoms. The molecule has 0 spiro atoms. The molecule has 1 aliphatic rings. The monoisotopic (exact) mass is 388 g/mol. The van der Waals surface area contributed by atoms with E-state index in [1.807, 2.05) is 32.0 Å². The van der Waals surface area contributed by atoms with E-state index in [1.165, 1.54) is 0 Å². The van der Waals surface area contributed by atoms with Crippen LogP contribution in [0.4, 0.5) is 0 Å². The number of benzene rings is 1. The number of aromatic nitrogens is 3. The van der Waals surface area contributed by atoms with E-state index in [1.54, 1.807) is 27.8 Å². The second-order valence-electron chi connectivity index (χ2n) is 6.64. The Bertz CT molecular complexity index is 1060. The van der Waals surface area contributed by atoms with Crippen molar-refractivity contribution in [3.05, 3.63) is 46.0 Å². The summed E-state index contributed by atoms with van der Waals surface area (Å²) >= 11 is 1.55. The summed E-state index contributed by atoms with van der Waals surface area (Å²) < 4.78 is 28.3. The van der Waals surface area contributed by atoms with Crippen molar-refractivity contribution in [3.63, 3.8) is 0 Å². The molecule has 0 aliphatic carbocycles. The average Bonchev–Trinajstić information content (AvgIpc) is 3.07. The Hall–Kier alpha value is -1.90. The molecule has 0 radical (unpaired) electrons. The van der Waals surface area contributed by atoms with Crippen molar-refractivity contribution in [2.24, 2.45) is 0 Å². The van der Waals surface area contributed by atoms with Crippen LogP contribution in [-0.4, -0.2) is 41.0 Å². The number of pyridine rings is 1. The zero-order valence-electron chi connectivity index (χ0n) is 14.7. The van der Waals surface area contributed by atoms with Gasteiger partial charge in [0.1, 0.15) is 14.9 Å². The molecule has 3 heterocycles.